The van der Waals surface area contributed by atoms with Crippen molar-refractivity contribution in [2.75, 3.05) is 41.5 Å². The minimum atomic E-state index is -4.12. The van der Waals surface area contributed by atoms with Crippen LogP contribution in [0.5, 0.6) is 23.0 Å². The first-order valence-electron chi connectivity index (χ1n) is 22.3. The molecule has 0 radical (unpaired) electrons. The van der Waals surface area contributed by atoms with E-state index in [4.69, 9.17) is 23.7 Å². The number of aliphatic hydroxyl groups is 1. The number of likely N-dealkylation sites (tertiary alicyclic amines) is 1. The topological polar surface area (TPSA) is 197 Å². The van der Waals surface area contributed by atoms with E-state index in [-0.39, 0.29) is 61.6 Å². The van der Waals surface area contributed by atoms with Crippen LogP contribution in [0.2, 0.25) is 0 Å². The molecule has 0 spiro atoms. The summed E-state index contributed by atoms with van der Waals surface area (Å²) in [6, 6.07) is 41.2. The first-order valence-corrected chi connectivity index (χ1v) is 25.2. The van der Waals surface area contributed by atoms with Crippen molar-refractivity contribution in [1.29, 1.82) is 0 Å². The van der Waals surface area contributed by atoms with Gasteiger partial charge in [-0.3, -0.25) is 9.36 Å². The van der Waals surface area contributed by atoms with E-state index in [0.29, 0.717) is 11.5 Å². The molecule has 71 heavy (non-hydrogen) atoms. The summed E-state index contributed by atoms with van der Waals surface area (Å²) in [6.07, 6.45) is 1.06. The van der Waals surface area contributed by atoms with Crippen molar-refractivity contribution < 1.29 is 50.4 Å². The first-order chi connectivity index (χ1) is 34.0. The van der Waals surface area contributed by atoms with Gasteiger partial charge in [0, 0.05) is 52.5 Å². The number of nitrogens with zero attached hydrogens (tertiary/aromatic N) is 7. The number of carbonyl (C=O) groups excluding carboxylic acids is 1. The van der Waals surface area contributed by atoms with Gasteiger partial charge in [-0.2, -0.15) is 18.8 Å². The first kappa shape index (κ1) is 51.6. The second kappa shape index (κ2) is 22.7. The van der Waals surface area contributed by atoms with Gasteiger partial charge in [0.1, 0.15) is 35.2 Å². The number of ether oxygens (including phenoxy) is 5. The number of benzene rings is 5. The van der Waals surface area contributed by atoms with Crippen LogP contribution in [0.3, 0.4) is 0 Å². The number of carbonyl (C=O) groups is 1. The number of amides is 1. The molecule has 0 aliphatic carbocycles. The minimum absolute atomic E-state index is 0.0250. The number of methoxy groups -OCH3 is 4. The molecule has 8 rings (SSSR count). The Kier molecular flexibility index (Phi) is 16.5. The summed E-state index contributed by atoms with van der Waals surface area (Å²) < 4.78 is 86.2. The van der Waals surface area contributed by atoms with Crippen molar-refractivity contribution in [1.82, 2.24) is 33.1 Å². The zero-order valence-electron chi connectivity index (χ0n) is 40.3. The summed E-state index contributed by atoms with van der Waals surface area (Å²) in [5, 5.41) is 19.5. The van der Waals surface area contributed by atoms with E-state index in [1.807, 2.05) is 103 Å². The van der Waals surface area contributed by atoms with Crippen molar-refractivity contribution in [3.05, 3.63) is 179 Å². The zero-order valence-corrected chi connectivity index (χ0v) is 41.9. The predicted octanol–water partition coefficient (Wildman–Crippen LogP) is 6.50. The maximum Gasteiger partial charge on any atom is 0.410 e. The lowest BCUT2D eigenvalue weighted by Crippen LogP contribution is -2.61. The zero-order chi connectivity index (χ0) is 50.8. The molecule has 0 unspecified atom stereocenters. The van der Waals surface area contributed by atoms with Crippen LogP contribution in [0.4, 0.5) is 4.79 Å². The van der Waals surface area contributed by atoms with Crippen LogP contribution >= 0.6 is 0 Å². The van der Waals surface area contributed by atoms with Crippen LogP contribution in [-0.4, -0.2) is 103 Å². The maximum absolute atomic E-state index is 14.0. The van der Waals surface area contributed by atoms with Gasteiger partial charge in [-0.1, -0.05) is 78.9 Å². The minimum Gasteiger partial charge on any atom is -0.497 e. The molecule has 1 aliphatic heterocycles. The molecule has 1 amide bonds. The fourth-order valence-corrected chi connectivity index (χ4v) is 10.4. The Balaban J connectivity index is 0.000000229. The number of sulfonamides is 2. The molecule has 20 heteroatoms. The largest absolute Gasteiger partial charge is 0.497 e. The Morgan fingerprint density at radius 2 is 0.958 bits per heavy atom. The molecule has 0 atom stereocenters. The smallest absolute Gasteiger partial charge is 0.410 e. The average Bonchev–Trinajstić information content (AvgIpc) is 4.02. The van der Waals surface area contributed by atoms with Crippen molar-refractivity contribution in [3.8, 4) is 23.0 Å². The van der Waals surface area contributed by atoms with Crippen molar-refractivity contribution >= 4 is 26.1 Å². The molecular formula is C51H57N7O11S2. The van der Waals surface area contributed by atoms with Crippen molar-refractivity contribution in [3.63, 3.8) is 0 Å². The highest BCUT2D eigenvalue weighted by Gasteiger charge is 2.48. The van der Waals surface area contributed by atoms with Crippen LogP contribution in [0.15, 0.2) is 156 Å². The summed E-state index contributed by atoms with van der Waals surface area (Å²) in [7, 11) is 1.69. The van der Waals surface area contributed by atoms with Gasteiger partial charge in [0.25, 0.3) is 20.0 Å². The third kappa shape index (κ3) is 12.8. The second-order valence-corrected chi connectivity index (χ2v) is 20.5. The molecule has 3 heterocycles. The Morgan fingerprint density at radius 1 is 0.563 bits per heavy atom. The lowest BCUT2D eigenvalue weighted by atomic mass is 9.91. The number of hydrogen-bond acceptors (Lipinski definition) is 13. The Labute approximate surface area is 414 Å². The van der Waals surface area contributed by atoms with Crippen LogP contribution in [0.25, 0.3) is 0 Å². The quantitative estimate of drug-likeness (QED) is 0.0923. The van der Waals surface area contributed by atoms with Crippen LogP contribution in [0.1, 0.15) is 33.5 Å². The standard InChI is InChI=1S/C31H34N4O7S.C20H23N3O4S/c1-33-28(31(37)21-34(22-31)30(36)42-20-25-7-5-4-6-8-25)17-29(32-33)43(38,39)35(18-23-9-13-26(40-2)14-10-23)19-24-11-15-27(41-3)16-12-24;1-22-13-12-20(21-22)28(24,25)23(14-16-4-8-18(26-2)9-5-16)15-17-6-10-19(27-3)11-7-17/h4-17,37H,18-22H2,1-3H3;4-13H,14-15H2,1-3H3. The van der Waals surface area contributed by atoms with Gasteiger partial charge < -0.3 is 33.7 Å². The van der Waals surface area contributed by atoms with Crippen molar-refractivity contribution in [2.45, 2.75) is 48.4 Å². The Bertz CT molecular complexity index is 2970. The third-order valence-electron chi connectivity index (χ3n) is 11.7. The fraction of sp³-hybridized carbons (Fsp3) is 0.275. The maximum atomic E-state index is 14.0. The van der Waals surface area contributed by atoms with E-state index in [1.165, 1.54) is 35.0 Å². The third-order valence-corrected chi connectivity index (χ3v) is 15.0. The van der Waals surface area contributed by atoms with Crippen LogP contribution in [0, 0.1) is 0 Å². The monoisotopic (exact) mass is 1010 g/mol. The second-order valence-electron chi connectivity index (χ2n) is 16.7. The molecule has 1 N–H and O–H groups in total. The van der Waals surface area contributed by atoms with E-state index < -0.39 is 31.7 Å². The van der Waals surface area contributed by atoms with Gasteiger partial charge in [0.05, 0.1) is 47.2 Å². The normalized spacial score (nSPS) is 13.2. The highest BCUT2D eigenvalue weighted by Crippen LogP contribution is 2.34. The lowest BCUT2D eigenvalue weighted by Gasteiger charge is -2.45. The van der Waals surface area contributed by atoms with Gasteiger partial charge in [-0.15, -0.1) is 0 Å². The molecule has 2 aromatic heterocycles. The summed E-state index contributed by atoms with van der Waals surface area (Å²) in [5.74, 6) is 2.76. The molecule has 1 aliphatic rings. The summed E-state index contributed by atoms with van der Waals surface area (Å²) in [6.45, 7) is 0.595. The molecule has 7 aromatic rings. The molecule has 18 nitrogen and oxygen atoms in total. The Morgan fingerprint density at radius 3 is 1.32 bits per heavy atom. The molecule has 0 bridgehead atoms. The van der Waals surface area contributed by atoms with Gasteiger partial charge in [-0.05, 0) is 82.4 Å². The number of aryl methyl sites for hydroxylation is 2. The molecule has 1 fully saturated rings. The highest BCUT2D eigenvalue weighted by atomic mass is 32.2. The van der Waals surface area contributed by atoms with Gasteiger partial charge in [-0.25, -0.2) is 21.6 Å². The number of aromatic nitrogens is 4. The van der Waals surface area contributed by atoms with Gasteiger partial charge >= 0.3 is 6.09 Å². The molecule has 0 saturated carbocycles. The van der Waals surface area contributed by atoms with E-state index in [1.54, 1.807) is 73.0 Å². The van der Waals surface area contributed by atoms with E-state index in [2.05, 4.69) is 10.2 Å². The number of hydrogen-bond donors (Lipinski definition) is 1. The Hall–Kier alpha value is -7.23. The summed E-state index contributed by atoms with van der Waals surface area (Å²) in [4.78, 5) is 13.9. The number of β-amino-alcohol motifs (C(OH)–C–C–N with tert-alkyl or cyclic N) is 1. The van der Waals surface area contributed by atoms with Crippen LogP contribution < -0.4 is 18.9 Å². The average molecular weight is 1010 g/mol. The number of rotatable bonds is 19. The van der Waals surface area contributed by atoms with E-state index in [0.717, 1.165) is 39.3 Å². The highest BCUT2D eigenvalue weighted by molar-refractivity contribution is 7.89. The van der Waals surface area contributed by atoms with E-state index >= 15 is 0 Å². The molecule has 374 valence electrons. The SMILES string of the molecule is COc1ccc(CN(Cc2ccc(OC)cc2)S(=O)(=O)c2cc(C3(O)CN(C(=O)OCc4ccccc4)C3)n(C)n2)cc1.COc1ccc(CN(Cc2ccc(OC)cc2)S(=O)(=O)c2ccn(C)n2)cc1. The fourth-order valence-electron chi connectivity index (χ4n) is 7.68. The van der Waals surface area contributed by atoms with E-state index in [9.17, 15) is 26.7 Å². The predicted molar refractivity (Wildman–Crippen MR) is 263 cm³/mol. The van der Waals surface area contributed by atoms with Gasteiger partial charge in [0.2, 0.25) is 0 Å². The molecule has 1 saturated heterocycles. The lowest BCUT2D eigenvalue weighted by molar-refractivity contribution is -0.0997. The van der Waals surface area contributed by atoms with Crippen molar-refractivity contribution in [2.24, 2.45) is 14.1 Å². The summed E-state index contributed by atoms with van der Waals surface area (Å²) >= 11 is 0. The van der Waals surface area contributed by atoms with Gasteiger partial charge in [0.15, 0.2) is 10.1 Å². The molecular weight excluding hydrogens is 951 g/mol. The molecule has 5 aromatic carbocycles. The van der Waals surface area contributed by atoms with Crippen LogP contribution in [-0.2, 0) is 77.3 Å². The summed E-state index contributed by atoms with van der Waals surface area (Å²) in [5.41, 5.74) is 2.89.